The van der Waals surface area contributed by atoms with Crippen LogP contribution in [-0.2, 0) is 11.3 Å². The van der Waals surface area contributed by atoms with E-state index in [1.807, 2.05) is 35.7 Å². The van der Waals surface area contributed by atoms with E-state index in [4.69, 9.17) is 13.9 Å². The third-order valence-corrected chi connectivity index (χ3v) is 6.04. The largest absolute Gasteiger partial charge is 0.485 e. The molecule has 1 amide bonds. The lowest BCUT2D eigenvalue weighted by Crippen LogP contribution is -2.40. The van der Waals surface area contributed by atoms with Crippen molar-refractivity contribution in [2.75, 3.05) is 11.9 Å². The quantitative estimate of drug-likeness (QED) is 0.494. The Morgan fingerprint density at radius 3 is 2.87 bits per heavy atom. The van der Waals surface area contributed by atoms with Crippen LogP contribution < -0.4 is 14.8 Å². The lowest BCUT2D eigenvalue weighted by Gasteiger charge is -2.25. The predicted octanol–water partition coefficient (Wildman–Crippen LogP) is 4.65. The van der Waals surface area contributed by atoms with Crippen LogP contribution >= 0.6 is 11.3 Å². The molecule has 1 aliphatic rings. The summed E-state index contributed by atoms with van der Waals surface area (Å²) in [7, 11) is 0. The van der Waals surface area contributed by atoms with Gasteiger partial charge in [-0.25, -0.2) is 4.98 Å². The average Bonchev–Trinajstić information content (AvgIpc) is 3.52. The van der Waals surface area contributed by atoms with Gasteiger partial charge in [0.2, 0.25) is 6.10 Å². The van der Waals surface area contributed by atoms with Gasteiger partial charge in [-0.3, -0.25) is 10.1 Å². The number of thiazole rings is 1. The number of anilines is 1. The fourth-order valence-corrected chi connectivity index (χ4v) is 4.37. The normalized spacial score (nSPS) is 15.1. The Bertz CT molecular complexity index is 1230. The number of para-hydroxylation sites is 2. The standard InChI is InChI=1S/C23H21N3O4S/c1-14-10-17(15(2)26(14)11-16-6-5-9-28-16)18-13-31-23(24-18)25-22(27)21-12-29-19-7-3-4-8-20(19)30-21/h3-10,13,21H,11-12H2,1-2H3,(H,24,25,27)/t21-/m1/s1. The molecule has 5 rings (SSSR count). The minimum atomic E-state index is -0.722. The van der Waals surface area contributed by atoms with Gasteiger partial charge in [-0.05, 0) is 44.2 Å². The van der Waals surface area contributed by atoms with Gasteiger partial charge in [0.15, 0.2) is 16.6 Å². The molecule has 0 saturated carbocycles. The number of nitrogens with zero attached hydrogens (tertiary/aromatic N) is 2. The molecule has 0 bridgehead atoms. The van der Waals surface area contributed by atoms with Gasteiger partial charge in [0, 0.05) is 22.3 Å². The SMILES string of the molecule is Cc1cc(-c2csc(NC(=O)[C@H]3COc4ccccc4O3)n2)c(C)n1Cc1ccco1. The van der Waals surface area contributed by atoms with Crippen molar-refractivity contribution in [3.8, 4) is 22.8 Å². The average molecular weight is 436 g/mol. The molecular formula is C23H21N3O4S. The number of aryl methyl sites for hydroxylation is 1. The molecule has 158 valence electrons. The number of fused-ring (bicyclic) bond motifs is 1. The van der Waals surface area contributed by atoms with Crippen LogP contribution in [0.2, 0.25) is 0 Å². The van der Waals surface area contributed by atoms with Crippen molar-refractivity contribution >= 4 is 22.4 Å². The zero-order valence-corrected chi connectivity index (χ0v) is 17.9. The minimum absolute atomic E-state index is 0.162. The maximum Gasteiger partial charge on any atom is 0.270 e. The summed E-state index contributed by atoms with van der Waals surface area (Å²) in [5.74, 6) is 1.83. The number of amides is 1. The molecule has 1 atom stereocenters. The second kappa shape index (κ2) is 7.96. The van der Waals surface area contributed by atoms with E-state index in [0.29, 0.717) is 23.2 Å². The molecule has 0 spiro atoms. The first-order chi connectivity index (χ1) is 15.1. The molecule has 0 radical (unpaired) electrons. The van der Waals surface area contributed by atoms with E-state index in [1.54, 1.807) is 12.3 Å². The maximum absolute atomic E-state index is 12.7. The molecule has 0 saturated heterocycles. The van der Waals surface area contributed by atoms with Gasteiger partial charge in [-0.1, -0.05) is 12.1 Å². The summed E-state index contributed by atoms with van der Waals surface area (Å²) in [6.07, 6.45) is 0.958. The first-order valence-electron chi connectivity index (χ1n) is 9.93. The highest BCUT2D eigenvalue weighted by Crippen LogP contribution is 2.32. The Kier molecular flexibility index (Phi) is 4.99. The van der Waals surface area contributed by atoms with Crippen LogP contribution in [0.1, 0.15) is 17.1 Å². The number of carbonyl (C=O) groups is 1. The Balaban J connectivity index is 1.30. The third-order valence-electron chi connectivity index (χ3n) is 5.28. The van der Waals surface area contributed by atoms with Gasteiger partial charge in [0.25, 0.3) is 5.91 Å². The first kappa shape index (κ1) is 19.4. The molecule has 0 fully saturated rings. The highest BCUT2D eigenvalue weighted by molar-refractivity contribution is 7.14. The van der Waals surface area contributed by atoms with Crippen LogP contribution in [0.25, 0.3) is 11.3 Å². The molecule has 4 heterocycles. The Morgan fingerprint density at radius 1 is 1.23 bits per heavy atom. The number of aromatic nitrogens is 2. The lowest BCUT2D eigenvalue weighted by molar-refractivity contribution is -0.125. The zero-order valence-electron chi connectivity index (χ0n) is 17.1. The van der Waals surface area contributed by atoms with E-state index < -0.39 is 6.10 Å². The Morgan fingerprint density at radius 2 is 2.06 bits per heavy atom. The topological polar surface area (TPSA) is 78.5 Å². The zero-order chi connectivity index (χ0) is 21.4. The second-order valence-electron chi connectivity index (χ2n) is 7.34. The highest BCUT2D eigenvalue weighted by atomic mass is 32.1. The number of hydrogen-bond acceptors (Lipinski definition) is 6. The van der Waals surface area contributed by atoms with Crippen molar-refractivity contribution in [2.24, 2.45) is 0 Å². The number of rotatable bonds is 5. The number of nitrogens with one attached hydrogen (secondary N) is 1. The van der Waals surface area contributed by atoms with Gasteiger partial charge in [-0.15, -0.1) is 11.3 Å². The molecule has 1 aliphatic heterocycles. The number of ether oxygens (including phenoxy) is 2. The number of furan rings is 1. The van der Waals surface area contributed by atoms with Gasteiger partial charge in [0.1, 0.15) is 12.4 Å². The third kappa shape index (κ3) is 3.82. The lowest BCUT2D eigenvalue weighted by atomic mass is 10.2. The molecule has 7 nitrogen and oxygen atoms in total. The van der Waals surface area contributed by atoms with E-state index in [0.717, 1.165) is 28.4 Å². The van der Waals surface area contributed by atoms with Crippen LogP contribution in [-0.4, -0.2) is 28.2 Å². The summed E-state index contributed by atoms with van der Waals surface area (Å²) < 4.78 is 19.1. The van der Waals surface area contributed by atoms with Crippen LogP contribution in [0.4, 0.5) is 5.13 Å². The molecule has 0 aliphatic carbocycles. The molecule has 3 aromatic heterocycles. The van der Waals surface area contributed by atoms with Crippen molar-refractivity contribution in [1.82, 2.24) is 9.55 Å². The van der Waals surface area contributed by atoms with Crippen molar-refractivity contribution in [2.45, 2.75) is 26.5 Å². The molecule has 1 N–H and O–H groups in total. The summed E-state index contributed by atoms with van der Waals surface area (Å²) in [6, 6.07) is 13.3. The molecule has 31 heavy (non-hydrogen) atoms. The van der Waals surface area contributed by atoms with Crippen LogP contribution in [0.3, 0.4) is 0 Å². The highest BCUT2D eigenvalue weighted by Gasteiger charge is 2.28. The molecule has 8 heteroatoms. The summed E-state index contributed by atoms with van der Waals surface area (Å²) in [4.78, 5) is 17.3. The van der Waals surface area contributed by atoms with Crippen molar-refractivity contribution in [1.29, 1.82) is 0 Å². The second-order valence-corrected chi connectivity index (χ2v) is 8.20. The first-order valence-corrected chi connectivity index (χ1v) is 10.8. The van der Waals surface area contributed by atoms with Gasteiger partial charge in [-0.2, -0.15) is 0 Å². The fourth-order valence-electron chi connectivity index (χ4n) is 3.65. The van der Waals surface area contributed by atoms with E-state index in [9.17, 15) is 4.79 Å². The number of carbonyl (C=O) groups excluding carboxylic acids is 1. The molecular weight excluding hydrogens is 414 g/mol. The van der Waals surface area contributed by atoms with Gasteiger partial charge >= 0.3 is 0 Å². The van der Waals surface area contributed by atoms with Crippen LogP contribution in [0.15, 0.2) is 58.5 Å². The Labute approximate surface area is 183 Å². The van der Waals surface area contributed by atoms with Crippen molar-refractivity contribution in [3.05, 3.63) is 71.3 Å². The molecule has 4 aromatic rings. The summed E-state index contributed by atoms with van der Waals surface area (Å²) in [5.41, 5.74) is 4.07. The molecule has 1 aromatic carbocycles. The van der Waals surface area contributed by atoms with Gasteiger partial charge in [0.05, 0.1) is 18.5 Å². The van der Waals surface area contributed by atoms with E-state index in [-0.39, 0.29) is 12.5 Å². The van der Waals surface area contributed by atoms with E-state index in [2.05, 4.69) is 34.8 Å². The van der Waals surface area contributed by atoms with Crippen molar-refractivity contribution in [3.63, 3.8) is 0 Å². The monoisotopic (exact) mass is 435 g/mol. The van der Waals surface area contributed by atoms with E-state index >= 15 is 0 Å². The maximum atomic E-state index is 12.7. The summed E-state index contributed by atoms with van der Waals surface area (Å²) in [5, 5.41) is 5.32. The minimum Gasteiger partial charge on any atom is -0.485 e. The van der Waals surface area contributed by atoms with Crippen molar-refractivity contribution < 1.29 is 18.7 Å². The van der Waals surface area contributed by atoms with Crippen LogP contribution in [0, 0.1) is 13.8 Å². The van der Waals surface area contributed by atoms with Gasteiger partial charge < -0.3 is 18.5 Å². The fraction of sp³-hybridized carbons (Fsp3) is 0.217. The van der Waals surface area contributed by atoms with E-state index in [1.165, 1.54) is 11.3 Å². The summed E-state index contributed by atoms with van der Waals surface area (Å²) in [6.45, 7) is 4.95. The number of benzene rings is 1. The van der Waals surface area contributed by atoms with Crippen LogP contribution in [0.5, 0.6) is 11.5 Å². The predicted molar refractivity (Wildman–Crippen MR) is 118 cm³/mol. The smallest absolute Gasteiger partial charge is 0.270 e. The summed E-state index contributed by atoms with van der Waals surface area (Å²) >= 11 is 1.38. The molecule has 0 unspecified atom stereocenters. The Hall–Kier alpha value is -3.52. The number of hydrogen-bond donors (Lipinski definition) is 1.